The number of phenolic OH excluding ortho intramolecular Hbond substituents is 1. The molecule has 2 N–H and O–H groups in total. The molecule has 78 valence electrons. The van der Waals surface area contributed by atoms with Crippen LogP contribution in [0, 0.1) is 0 Å². The van der Waals surface area contributed by atoms with E-state index in [4.69, 9.17) is 5.11 Å². The van der Waals surface area contributed by atoms with Gasteiger partial charge in [-0.05, 0) is 40.5 Å². The van der Waals surface area contributed by atoms with Gasteiger partial charge in [-0.25, -0.2) is 0 Å². The van der Waals surface area contributed by atoms with Crippen LogP contribution in [0.3, 0.4) is 0 Å². The number of hydrogen-bond acceptors (Lipinski definition) is 2. The van der Waals surface area contributed by atoms with Crippen molar-refractivity contribution < 1.29 is 19.0 Å². The lowest BCUT2D eigenvalue weighted by molar-refractivity contribution is -0.109. The maximum Gasteiger partial charge on any atom is 0.333 e. The van der Waals surface area contributed by atoms with Gasteiger partial charge in [0.15, 0.2) is 5.60 Å². The zero-order valence-electron chi connectivity index (χ0n) is 7.34. The molecule has 0 amide bonds. The van der Waals surface area contributed by atoms with Crippen molar-refractivity contribution in [1.82, 2.24) is 0 Å². The molecular formula is C9H9BrF2O2. The number of aromatic hydroxyl groups is 1. The standard InChI is InChI=1S/C9H9BrF2O2/c1-8(14,9(10,11)12)6-2-4-7(13)5-3-6/h2-5,13-14H,1H3. The van der Waals surface area contributed by atoms with Crippen LogP contribution in [0.5, 0.6) is 5.75 Å². The topological polar surface area (TPSA) is 40.5 Å². The summed E-state index contributed by atoms with van der Waals surface area (Å²) >= 11 is 2.11. The minimum atomic E-state index is -3.42. The minimum absolute atomic E-state index is 0.0252. The van der Waals surface area contributed by atoms with Crippen LogP contribution in [0.4, 0.5) is 8.78 Å². The lowest BCUT2D eigenvalue weighted by Gasteiger charge is -2.28. The van der Waals surface area contributed by atoms with Gasteiger partial charge in [-0.2, -0.15) is 8.78 Å². The predicted octanol–water partition coefficient (Wildman–Crippen LogP) is 2.59. The zero-order chi connectivity index (χ0) is 11.0. The molecule has 14 heavy (non-hydrogen) atoms. The molecule has 1 rings (SSSR count). The first-order valence-electron chi connectivity index (χ1n) is 3.84. The van der Waals surface area contributed by atoms with Gasteiger partial charge in [0.1, 0.15) is 5.75 Å². The fourth-order valence-corrected chi connectivity index (χ4v) is 1.18. The van der Waals surface area contributed by atoms with E-state index < -0.39 is 10.4 Å². The molecule has 0 bridgehead atoms. The van der Waals surface area contributed by atoms with E-state index in [-0.39, 0.29) is 11.3 Å². The second-order valence-electron chi connectivity index (χ2n) is 3.12. The molecular weight excluding hydrogens is 258 g/mol. The Morgan fingerprint density at radius 2 is 1.64 bits per heavy atom. The molecule has 0 fully saturated rings. The Hall–Kier alpha value is -0.680. The molecule has 5 heteroatoms. The molecule has 0 saturated heterocycles. The molecule has 2 nitrogen and oxygen atoms in total. The summed E-state index contributed by atoms with van der Waals surface area (Å²) in [6.45, 7) is 0.994. The van der Waals surface area contributed by atoms with Gasteiger partial charge in [0.25, 0.3) is 0 Å². The van der Waals surface area contributed by atoms with E-state index in [2.05, 4.69) is 15.9 Å². The summed E-state index contributed by atoms with van der Waals surface area (Å²) in [5, 5.41) is 18.5. The highest BCUT2D eigenvalue weighted by Crippen LogP contribution is 2.42. The first-order valence-corrected chi connectivity index (χ1v) is 4.63. The summed E-state index contributed by atoms with van der Waals surface area (Å²) in [6, 6.07) is 4.96. The number of alkyl halides is 3. The van der Waals surface area contributed by atoms with Crippen LogP contribution >= 0.6 is 15.9 Å². The minimum Gasteiger partial charge on any atom is -0.508 e. The van der Waals surface area contributed by atoms with Gasteiger partial charge in [0, 0.05) is 0 Å². The molecule has 0 radical (unpaired) electrons. The van der Waals surface area contributed by atoms with Gasteiger partial charge in [-0.3, -0.25) is 0 Å². The molecule has 0 aliphatic carbocycles. The summed E-state index contributed by atoms with van der Waals surface area (Å²) in [4.78, 5) is -3.42. The molecule has 0 aromatic heterocycles. The van der Waals surface area contributed by atoms with E-state index in [1.807, 2.05) is 0 Å². The predicted molar refractivity (Wildman–Crippen MR) is 51.6 cm³/mol. The van der Waals surface area contributed by atoms with E-state index in [1.165, 1.54) is 24.3 Å². The van der Waals surface area contributed by atoms with Gasteiger partial charge in [0.2, 0.25) is 0 Å². The van der Waals surface area contributed by atoms with Gasteiger partial charge in [-0.1, -0.05) is 12.1 Å². The summed E-state index contributed by atoms with van der Waals surface area (Å²) in [5.74, 6) is -0.0394. The lowest BCUT2D eigenvalue weighted by atomic mass is 9.96. The SMILES string of the molecule is CC(O)(c1ccc(O)cc1)C(F)(F)Br. The van der Waals surface area contributed by atoms with Crippen LogP contribution in [0.15, 0.2) is 24.3 Å². The summed E-state index contributed by atoms with van der Waals surface area (Å²) in [5.41, 5.74) is -2.28. The lowest BCUT2D eigenvalue weighted by Crippen LogP contribution is -2.37. The molecule has 0 spiro atoms. The van der Waals surface area contributed by atoms with Gasteiger partial charge in [0.05, 0.1) is 0 Å². The van der Waals surface area contributed by atoms with E-state index in [1.54, 1.807) is 0 Å². The van der Waals surface area contributed by atoms with Crippen LogP contribution in [0.1, 0.15) is 12.5 Å². The molecule has 0 aliphatic heterocycles. The summed E-state index contributed by atoms with van der Waals surface area (Å²) in [6.07, 6.45) is 0. The maximum atomic E-state index is 12.9. The third-order valence-corrected chi connectivity index (χ3v) is 2.75. The van der Waals surface area contributed by atoms with Gasteiger partial charge >= 0.3 is 4.83 Å². The molecule has 1 aromatic rings. The fraction of sp³-hybridized carbons (Fsp3) is 0.333. The van der Waals surface area contributed by atoms with Crippen molar-refractivity contribution in [3.05, 3.63) is 29.8 Å². The van der Waals surface area contributed by atoms with Crippen LogP contribution in [0.2, 0.25) is 0 Å². The third-order valence-electron chi connectivity index (χ3n) is 1.98. The van der Waals surface area contributed by atoms with E-state index in [0.29, 0.717) is 0 Å². The van der Waals surface area contributed by atoms with Crippen LogP contribution in [-0.4, -0.2) is 15.0 Å². The smallest absolute Gasteiger partial charge is 0.333 e. The van der Waals surface area contributed by atoms with Crippen LogP contribution in [-0.2, 0) is 5.60 Å². The van der Waals surface area contributed by atoms with E-state index in [0.717, 1.165) is 6.92 Å². The maximum absolute atomic E-state index is 12.9. The fourth-order valence-electron chi connectivity index (χ4n) is 0.950. The number of aliphatic hydroxyl groups is 1. The first kappa shape index (κ1) is 11.4. The summed E-state index contributed by atoms with van der Waals surface area (Å²) < 4.78 is 25.8. The van der Waals surface area contributed by atoms with Crippen LogP contribution in [0.25, 0.3) is 0 Å². The van der Waals surface area contributed by atoms with E-state index in [9.17, 15) is 13.9 Å². The van der Waals surface area contributed by atoms with E-state index >= 15 is 0 Å². The Morgan fingerprint density at radius 1 is 1.21 bits per heavy atom. The quantitative estimate of drug-likeness (QED) is 0.808. The van der Waals surface area contributed by atoms with Crippen molar-refractivity contribution in [3.63, 3.8) is 0 Å². The molecule has 1 atom stereocenters. The van der Waals surface area contributed by atoms with Crippen molar-refractivity contribution >= 4 is 15.9 Å². The molecule has 0 heterocycles. The average Bonchev–Trinajstić information content (AvgIpc) is 2.03. The number of rotatable bonds is 2. The van der Waals surface area contributed by atoms with Crippen molar-refractivity contribution in [2.24, 2.45) is 0 Å². The first-order chi connectivity index (χ1) is 6.25. The van der Waals surface area contributed by atoms with Gasteiger partial charge in [-0.15, -0.1) is 0 Å². The zero-order valence-corrected chi connectivity index (χ0v) is 8.92. The number of phenols is 1. The van der Waals surface area contributed by atoms with Crippen molar-refractivity contribution in [3.8, 4) is 5.75 Å². The molecule has 1 unspecified atom stereocenters. The van der Waals surface area contributed by atoms with Gasteiger partial charge < -0.3 is 10.2 Å². The number of hydrogen-bond donors (Lipinski definition) is 2. The average molecular weight is 267 g/mol. The monoisotopic (exact) mass is 266 g/mol. The Labute approximate surface area is 88.3 Å². The highest BCUT2D eigenvalue weighted by molar-refractivity contribution is 9.10. The second kappa shape index (κ2) is 3.47. The highest BCUT2D eigenvalue weighted by Gasteiger charge is 2.47. The van der Waals surface area contributed by atoms with Crippen molar-refractivity contribution in [1.29, 1.82) is 0 Å². The molecule has 1 aromatic carbocycles. The third kappa shape index (κ3) is 2.04. The van der Waals surface area contributed by atoms with Crippen molar-refractivity contribution in [2.75, 3.05) is 0 Å². The van der Waals surface area contributed by atoms with Crippen LogP contribution < -0.4 is 0 Å². The highest BCUT2D eigenvalue weighted by atomic mass is 79.9. The molecule has 0 aliphatic rings. The largest absolute Gasteiger partial charge is 0.508 e. The molecule has 0 saturated carbocycles. The normalized spacial score (nSPS) is 16.4. The Morgan fingerprint density at radius 3 is 2.00 bits per heavy atom. The van der Waals surface area contributed by atoms with Crippen molar-refractivity contribution in [2.45, 2.75) is 17.4 Å². The second-order valence-corrected chi connectivity index (χ2v) is 4.11. The Balaban J connectivity index is 3.10. The Kier molecular flexibility index (Phi) is 2.83. The number of benzene rings is 1. The number of halogens is 3. The summed E-state index contributed by atoms with van der Waals surface area (Å²) in [7, 11) is 0. The Bertz CT molecular complexity index is 317.